The van der Waals surface area contributed by atoms with Crippen molar-refractivity contribution in [3.8, 4) is 11.5 Å². The predicted octanol–water partition coefficient (Wildman–Crippen LogP) is 1.99. The molecule has 1 heterocycles. The van der Waals surface area contributed by atoms with Gasteiger partial charge in [-0.05, 0) is 30.3 Å². The summed E-state index contributed by atoms with van der Waals surface area (Å²) in [6, 6.07) is 10.6. The molecule has 2 aromatic rings. The molecule has 1 N–H and O–H groups in total. The van der Waals surface area contributed by atoms with E-state index in [-0.39, 0.29) is 23.8 Å². The number of fused-ring (bicyclic) bond motifs is 1. The van der Waals surface area contributed by atoms with Crippen LogP contribution in [0.1, 0.15) is 10.4 Å². The SMILES string of the molecule is CNC(=O)[C@H]1CN(C(=O)c2cc(F)ccc2OC)c2ccccc2O1. The quantitative estimate of drug-likeness (QED) is 0.925. The van der Waals surface area contributed by atoms with Gasteiger partial charge in [-0.2, -0.15) is 0 Å². The Morgan fingerprint density at radius 1 is 1.28 bits per heavy atom. The Kier molecular flexibility index (Phi) is 4.56. The lowest BCUT2D eigenvalue weighted by Crippen LogP contribution is -2.50. The summed E-state index contributed by atoms with van der Waals surface area (Å²) < 4.78 is 24.5. The number of methoxy groups -OCH3 is 1. The molecule has 3 rings (SSSR count). The lowest BCUT2D eigenvalue weighted by Gasteiger charge is -2.34. The smallest absolute Gasteiger partial charge is 0.262 e. The number of anilines is 1. The number of ether oxygens (including phenoxy) is 2. The minimum absolute atomic E-state index is 0.00911. The van der Waals surface area contributed by atoms with Crippen molar-refractivity contribution >= 4 is 17.5 Å². The van der Waals surface area contributed by atoms with Crippen molar-refractivity contribution in [1.29, 1.82) is 0 Å². The average Bonchev–Trinajstić information content (AvgIpc) is 2.65. The normalized spacial score (nSPS) is 15.8. The largest absolute Gasteiger partial charge is 0.496 e. The van der Waals surface area contributed by atoms with Crippen molar-refractivity contribution in [2.45, 2.75) is 6.10 Å². The first-order chi connectivity index (χ1) is 12.0. The van der Waals surface area contributed by atoms with E-state index in [2.05, 4.69) is 5.32 Å². The van der Waals surface area contributed by atoms with Crippen molar-refractivity contribution in [2.75, 3.05) is 25.6 Å². The number of rotatable bonds is 3. The van der Waals surface area contributed by atoms with Gasteiger partial charge in [0.05, 0.1) is 24.9 Å². The van der Waals surface area contributed by atoms with Crippen molar-refractivity contribution in [3.63, 3.8) is 0 Å². The molecule has 0 aliphatic carbocycles. The monoisotopic (exact) mass is 344 g/mol. The van der Waals surface area contributed by atoms with Crippen LogP contribution in [-0.4, -0.2) is 38.6 Å². The number of halogens is 1. The number of hydrogen-bond donors (Lipinski definition) is 1. The summed E-state index contributed by atoms with van der Waals surface area (Å²) >= 11 is 0. The molecule has 0 aromatic heterocycles. The Hall–Kier alpha value is -3.09. The van der Waals surface area contributed by atoms with Crippen LogP contribution in [0.15, 0.2) is 42.5 Å². The number of nitrogens with zero attached hydrogens (tertiary/aromatic N) is 1. The number of amides is 2. The van der Waals surface area contributed by atoms with Crippen LogP contribution in [0.25, 0.3) is 0 Å². The van der Waals surface area contributed by atoms with Gasteiger partial charge in [0.25, 0.3) is 11.8 Å². The second kappa shape index (κ2) is 6.80. The first-order valence-electron chi connectivity index (χ1n) is 7.68. The zero-order valence-electron chi connectivity index (χ0n) is 13.8. The Bertz CT molecular complexity index is 824. The van der Waals surface area contributed by atoms with Gasteiger partial charge in [0.15, 0.2) is 6.10 Å². The van der Waals surface area contributed by atoms with Crippen LogP contribution in [-0.2, 0) is 4.79 Å². The van der Waals surface area contributed by atoms with Crippen LogP contribution in [0.2, 0.25) is 0 Å². The Morgan fingerprint density at radius 2 is 2.04 bits per heavy atom. The van der Waals surface area contributed by atoms with E-state index in [1.54, 1.807) is 24.3 Å². The fourth-order valence-electron chi connectivity index (χ4n) is 2.72. The van der Waals surface area contributed by atoms with Crippen LogP contribution in [0.3, 0.4) is 0 Å². The summed E-state index contributed by atoms with van der Waals surface area (Å²) in [6.45, 7) is 0.00911. The van der Waals surface area contributed by atoms with Gasteiger partial charge in [0, 0.05) is 7.05 Å². The average molecular weight is 344 g/mol. The van der Waals surface area contributed by atoms with Crippen LogP contribution >= 0.6 is 0 Å². The summed E-state index contributed by atoms with van der Waals surface area (Å²) in [5.74, 6) is -0.703. The van der Waals surface area contributed by atoms with Crippen LogP contribution in [0.4, 0.5) is 10.1 Å². The Labute approximate surface area is 144 Å². The first kappa shape index (κ1) is 16.8. The minimum atomic E-state index is -0.858. The number of likely N-dealkylation sites (N-methyl/N-ethyl adjacent to an activating group) is 1. The highest BCUT2D eigenvalue weighted by molar-refractivity contribution is 6.09. The number of carbonyl (C=O) groups is 2. The molecule has 6 nitrogen and oxygen atoms in total. The van der Waals surface area contributed by atoms with Gasteiger partial charge >= 0.3 is 0 Å². The van der Waals surface area contributed by atoms with E-state index in [1.807, 2.05) is 0 Å². The molecule has 0 unspecified atom stereocenters. The number of hydrogen-bond acceptors (Lipinski definition) is 4. The Morgan fingerprint density at radius 3 is 2.76 bits per heavy atom. The molecule has 0 saturated heterocycles. The minimum Gasteiger partial charge on any atom is -0.496 e. The number of benzene rings is 2. The third-order valence-electron chi connectivity index (χ3n) is 3.95. The zero-order valence-corrected chi connectivity index (χ0v) is 13.8. The summed E-state index contributed by atoms with van der Waals surface area (Å²) in [4.78, 5) is 26.4. The molecule has 130 valence electrons. The maximum atomic E-state index is 13.7. The van der Waals surface area contributed by atoms with E-state index >= 15 is 0 Å². The predicted molar refractivity (Wildman–Crippen MR) is 89.6 cm³/mol. The molecule has 0 radical (unpaired) electrons. The molecule has 0 fully saturated rings. The molecule has 0 spiro atoms. The Balaban J connectivity index is 2.04. The van der Waals surface area contributed by atoms with Crippen molar-refractivity contribution in [1.82, 2.24) is 5.32 Å². The van der Waals surface area contributed by atoms with E-state index in [4.69, 9.17) is 9.47 Å². The van der Waals surface area contributed by atoms with Gasteiger partial charge in [-0.1, -0.05) is 12.1 Å². The molecule has 1 atom stereocenters. The van der Waals surface area contributed by atoms with Gasteiger partial charge in [0.2, 0.25) is 0 Å². The third kappa shape index (κ3) is 3.13. The van der Waals surface area contributed by atoms with Crippen molar-refractivity contribution < 1.29 is 23.5 Å². The van der Waals surface area contributed by atoms with Gasteiger partial charge in [0.1, 0.15) is 17.3 Å². The molecular formula is C18H17FN2O4. The van der Waals surface area contributed by atoms with E-state index in [1.165, 1.54) is 31.2 Å². The van der Waals surface area contributed by atoms with Crippen LogP contribution < -0.4 is 19.7 Å². The number of nitrogens with one attached hydrogen (secondary N) is 1. The molecule has 0 bridgehead atoms. The first-order valence-corrected chi connectivity index (χ1v) is 7.68. The fraction of sp³-hybridized carbons (Fsp3) is 0.222. The van der Waals surface area contributed by atoms with Crippen molar-refractivity contribution in [3.05, 3.63) is 53.8 Å². The van der Waals surface area contributed by atoms with Gasteiger partial charge in [-0.25, -0.2) is 4.39 Å². The summed E-state index contributed by atoms with van der Waals surface area (Å²) in [6.07, 6.45) is -0.858. The lowest BCUT2D eigenvalue weighted by molar-refractivity contribution is -0.127. The molecule has 2 aromatic carbocycles. The fourth-order valence-corrected chi connectivity index (χ4v) is 2.72. The molecule has 1 aliphatic rings. The number of para-hydroxylation sites is 2. The molecule has 2 amide bonds. The van der Waals surface area contributed by atoms with Crippen LogP contribution in [0, 0.1) is 5.82 Å². The van der Waals surface area contributed by atoms with E-state index in [9.17, 15) is 14.0 Å². The van der Waals surface area contributed by atoms with E-state index in [0.717, 1.165) is 6.07 Å². The molecule has 25 heavy (non-hydrogen) atoms. The van der Waals surface area contributed by atoms with Gasteiger partial charge in [-0.3, -0.25) is 9.59 Å². The summed E-state index contributed by atoms with van der Waals surface area (Å²) in [5, 5.41) is 2.51. The topological polar surface area (TPSA) is 67.9 Å². The number of carbonyl (C=O) groups excluding carboxylic acids is 2. The summed E-state index contributed by atoms with van der Waals surface area (Å²) in [7, 11) is 2.90. The van der Waals surface area contributed by atoms with Crippen LogP contribution in [0.5, 0.6) is 11.5 Å². The van der Waals surface area contributed by atoms with E-state index in [0.29, 0.717) is 11.4 Å². The highest BCUT2D eigenvalue weighted by Gasteiger charge is 2.34. The maximum absolute atomic E-state index is 13.7. The van der Waals surface area contributed by atoms with E-state index < -0.39 is 17.8 Å². The highest BCUT2D eigenvalue weighted by atomic mass is 19.1. The third-order valence-corrected chi connectivity index (χ3v) is 3.95. The second-order valence-corrected chi connectivity index (χ2v) is 5.45. The molecule has 7 heteroatoms. The molecule has 0 saturated carbocycles. The molecule has 1 aliphatic heterocycles. The van der Waals surface area contributed by atoms with Crippen molar-refractivity contribution in [2.24, 2.45) is 0 Å². The molecular weight excluding hydrogens is 327 g/mol. The maximum Gasteiger partial charge on any atom is 0.262 e. The highest BCUT2D eigenvalue weighted by Crippen LogP contribution is 2.35. The van der Waals surface area contributed by atoms with Gasteiger partial charge in [-0.15, -0.1) is 0 Å². The lowest BCUT2D eigenvalue weighted by atomic mass is 10.1. The standard InChI is InChI=1S/C18H17FN2O4/c1-20-17(22)16-10-21(13-5-3-4-6-15(13)25-16)18(23)12-9-11(19)7-8-14(12)24-2/h3-9,16H,10H2,1-2H3,(H,20,22)/t16-/m1/s1. The zero-order chi connectivity index (χ0) is 18.0. The summed E-state index contributed by atoms with van der Waals surface area (Å²) in [5.41, 5.74) is 0.592. The van der Waals surface area contributed by atoms with Gasteiger partial charge < -0.3 is 19.7 Å². The second-order valence-electron chi connectivity index (χ2n) is 5.45.